The Morgan fingerprint density at radius 1 is 1.23 bits per heavy atom. The van der Waals surface area contributed by atoms with E-state index in [4.69, 9.17) is 4.74 Å². The van der Waals surface area contributed by atoms with Crippen LogP contribution in [0.2, 0.25) is 0 Å². The van der Waals surface area contributed by atoms with Crippen LogP contribution < -0.4 is 4.74 Å². The van der Waals surface area contributed by atoms with Crippen LogP contribution in [0.25, 0.3) is 0 Å². The molecule has 2 aromatic rings. The van der Waals surface area contributed by atoms with E-state index >= 15 is 0 Å². The van der Waals surface area contributed by atoms with Crippen LogP contribution in [0.3, 0.4) is 0 Å². The number of amides is 2. The van der Waals surface area contributed by atoms with Crippen LogP contribution in [0, 0.1) is 17.7 Å². The molecule has 2 heterocycles. The van der Waals surface area contributed by atoms with Gasteiger partial charge in [0.15, 0.2) is 11.6 Å². The van der Waals surface area contributed by atoms with Gasteiger partial charge in [-0.3, -0.25) is 9.59 Å². The first-order valence-electron chi connectivity index (χ1n) is 10.8. The van der Waals surface area contributed by atoms with Crippen molar-refractivity contribution in [2.24, 2.45) is 11.8 Å². The van der Waals surface area contributed by atoms with Gasteiger partial charge in [-0.2, -0.15) is 0 Å². The molecule has 0 saturated carbocycles. The second-order valence-electron chi connectivity index (χ2n) is 8.66. The highest BCUT2D eigenvalue weighted by Crippen LogP contribution is 2.34. The van der Waals surface area contributed by atoms with Crippen LogP contribution in [0.4, 0.5) is 4.39 Å². The van der Waals surface area contributed by atoms with E-state index in [1.807, 2.05) is 39.1 Å². The minimum absolute atomic E-state index is 0.0190. The van der Waals surface area contributed by atoms with Gasteiger partial charge >= 0.3 is 0 Å². The molecule has 1 aromatic carbocycles. The Kier molecular flexibility index (Phi) is 7.70. The van der Waals surface area contributed by atoms with Gasteiger partial charge in [0.05, 0.1) is 12.6 Å². The molecule has 0 unspecified atom stereocenters. The maximum atomic E-state index is 14.0. The number of benzene rings is 1. The minimum atomic E-state index is -0.424. The fourth-order valence-electron chi connectivity index (χ4n) is 3.90. The molecule has 0 saturated heterocycles. The van der Waals surface area contributed by atoms with Crippen molar-refractivity contribution in [3.05, 3.63) is 52.0 Å². The minimum Gasteiger partial charge on any atom is -0.488 e. The van der Waals surface area contributed by atoms with Gasteiger partial charge in [-0.15, -0.1) is 11.3 Å². The summed E-state index contributed by atoms with van der Waals surface area (Å²) < 4.78 is 19.8. The van der Waals surface area contributed by atoms with Gasteiger partial charge in [-0.05, 0) is 41.5 Å². The molecule has 0 radical (unpaired) electrons. The van der Waals surface area contributed by atoms with Crippen LogP contribution in [-0.2, 0) is 16.0 Å². The van der Waals surface area contributed by atoms with E-state index in [1.165, 1.54) is 10.9 Å². The van der Waals surface area contributed by atoms with Crippen molar-refractivity contribution in [1.29, 1.82) is 0 Å². The number of ether oxygens (including phenoxy) is 1. The monoisotopic (exact) mass is 446 g/mol. The third-order valence-corrected chi connectivity index (χ3v) is 6.36. The lowest BCUT2D eigenvalue weighted by molar-refractivity contribution is -0.144. The number of thiophene rings is 1. The lowest BCUT2D eigenvalue weighted by Gasteiger charge is -2.37. The molecule has 0 bridgehead atoms. The van der Waals surface area contributed by atoms with E-state index in [9.17, 15) is 14.0 Å². The van der Waals surface area contributed by atoms with Crippen molar-refractivity contribution in [1.82, 2.24) is 9.80 Å². The van der Waals surface area contributed by atoms with E-state index in [0.717, 1.165) is 12.0 Å². The average molecular weight is 447 g/mol. The molecule has 168 valence electrons. The van der Waals surface area contributed by atoms with Gasteiger partial charge in [0.25, 0.3) is 0 Å². The molecule has 2 amide bonds. The molecule has 31 heavy (non-hydrogen) atoms. The van der Waals surface area contributed by atoms with E-state index < -0.39 is 5.82 Å². The number of carbonyl (C=O) groups excluding carboxylic acids is 2. The Morgan fingerprint density at radius 3 is 2.65 bits per heavy atom. The third-order valence-electron chi connectivity index (χ3n) is 5.37. The molecule has 1 atom stereocenters. The summed E-state index contributed by atoms with van der Waals surface area (Å²) >= 11 is 1.67. The molecule has 0 aliphatic carbocycles. The van der Waals surface area contributed by atoms with Gasteiger partial charge in [-0.25, -0.2) is 4.39 Å². The number of hydrogen-bond donors (Lipinski definition) is 0. The van der Waals surface area contributed by atoms with Crippen LogP contribution in [0.1, 0.15) is 44.2 Å². The Morgan fingerprint density at radius 2 is 1.97 bits per heavy atom. The fourth-order valence-corrected chi connectivity index (χ4v) is 4.83. The standard InChI is InChI=1S/C24H31FN2O3S/c1-16(2)13-26(24(29)17(3)4)14-23(28)27-11-9-22-18(10-12-31-22)20(27)15-30-21-8-6-5-7-19(21)25/h5-8,10,12,16-17,20H,9,11,13-15H2,1-4H3/t20-/m1/s1. The maximum absolute atomic E-state index is 14.0. The number of carbonyl (C=O) groups is 2. The molecule has 5 nitrogen and oxygen atoms in total. The van der Waals surface area contributed by atoms with Crippen molar-refractivity contribution in [3.8, 4) is 5.75 Å². The average Bonchev–Trinajstić information content (AvgIpc) is 3.20. The zero-order valence-corrected chi connectivity index (χ0v) is 19.5. The van der Waals surface area contributed by atoms with Crippen LogP contribution in [0.5, 0.6) is 5.75 Å². The zero-order chi connectivity index (χ0) is 22.5. The first kappa shape index (κ1) is 23.3. The fraction of sp³-hybridized carbons (Fsp3) is 0.500. The van der Waals surface area contributed by atoms with E-state index in [1.54, 1.807) is 39.3 Å². The van der Waals surface area contributed by atoms with Crippen molar-refractivity contribution < 1.29 is 18.7 Å². The summed E-state index contributed by atoms with van der Waals surface area (Å²) in [6.07, 6.45) is 0.775. The lowest BCUT2D eigenvalue weighted by Crippen LogP contribution is -2.49. The van der Waals surface area contributed by atoms with E-state index in [2.05, 4.69) is 0 Å². The Hall–Kier alpha value is -2.41. The van der Waals surface area contributed by atoms with Gasteiger partial charge in [-0.1, -0.05) is 39.8 Å². The molecule has 0 fully saturated rings. The maximum Gasteiger partial charge on any atom is 0.242 e. The summed E-state index contributed by atoms with van der Waals surface area (Å²) in [5.41, 5.74) is 1.05. The number of hydrogen-bond acceptors (Lipinski definition) is 4. The first-order valence-corrected chi connectivity index (χ1v) is 11.7. The number of nitrogens with zero attached hydrogens (tertiary/aromatic N) is 2. The van der Waals surface area contributed by atoms with E-state index in [-0.39, 0.29) is 48.6 Å². The smallest absolute Gasteiger partial charge is 0.242 e. The third kappa shape index (κ3) is 5.64. The van der Waals surface area contributed by atoms with E-state index in [0.29, 0.717) is 13.1 Å². The zero-order valence-electron chi connectivity index (χ0n) is 18.6. The predicted molar refractivity (Wildman–Crippen MR) is 121 cm³/mol. The molecule has 7 heteroatoms. The Balaban J connectivity index is 1.79. The topological polar surface area (TPSA) is 49.9 Å². The largest absolute Gasteiger partial charge is 0.488 e. The quantitative estimate of drug-likeness (QED) is 0.599. The number of halogens is 1. The van der Waals surface area contributed by atoms with Crippen LogP contribution >= 0.6 is 11.3 Å². The molecule has 0 spiro atoms. The molecule has 3 rings (SSSR count). The molecular formula is C24H31FN2O3S. The Labute approximate surface area is 187 Å². The predicted octanol–water partition coefficient (Wildman–Crippen LogP) is 4.53. The molecule has 1 aliphatic heterocycles. The van der Waals surface area contributed by atoms with Gasteiger partial charge in [0, 0.05) is 23.9 Å². The highest BCUT2D eigenvalue weighted by molar-refractivity contribution is 7.10. The van der Waals surface area contributed by atoms with Gasteiger partial charge < -0.3 is 14.5 Å². The number of rotatable bonds is 8. The summed E-state index contributed by atoms with van der Waals surface area (Å²) in [6, 6.07) is 7.99. The first-order chi connectivity index (χ1) is 14.8. The molecule has 0 N–H and O–H groups in total. The lowest BCUT2D eigenvalue weighted by atomic mass is 10.00. The van der Waals surface area contributed by atoms with Crippen molar-refractivity contribution in [2.45, 2.75) is 40.2 Å². The molecule has 1 aromatic heterocycles. The van der Waals surface area contributed by atoms with Crippen molar-refractivity contribution in [2.75, 3.05) is 26.2 Å². The van der Waals surface area contributed by atoms with Gasteiger partial charge in [0.2, 0.25) is 11.8 Å². The summed E-state index contributed by atoms with van der Waals surface area (Å²) in [5, 5.41) is 2.02. The van der Waals surface area contributed by atoms with Gasteiger partial charge in [0.1, 0.15) is 6.61 Å². The Bertz CT molecular complexity index is 912. The summed E-state index contributed by atoms with van der Waals surface area (Å²) in [6.45, 7) is 9.08. The normalized spacial score (nSPS) is 15.8. The second kappa shape index (κ2) is 10.3. The molecular weight excluding hydrogens is 415 g/mol. The summed E-state index contributed by atoms with van der Waals surface area (Å²) in [4.78, 5) is 30.7. The van der Waals surface area contributed by atoms with Crippen molar-refractivity contribution >= 4 is 23.2 Å². The highest BCUT2D eigenvalue weighted by Gasteiger charge is 2.34. The molecule has 1 aliphatic rings. The summed E-state index contributed by atoms with van der Waals surface area (Å²) in [5.74, 6) is -0.277. The van der Waals surface area contributed by atoms with Crippen LogP contribution in [-0.4, -0.2) is 47.9 Å². The number of para-hydroxylation sites is 1. The highest BCUT2D eigenvalue weighted by atomic mass is 32.1. The van der Waals surface area contributed by atoms with Crippen LogP contribution in [0.15, 0.2) is 35.7 Å². The summed E-state index contributed by atoms with van der Waals surface area (Å²) in [7, 11) is 0. The van der Waals surface area contributed by atoms with Crippen molar-refractivity contribution in [3.63, 3.8) is 0 Å². The SMILES string of the molecule is CC(C)CN(CC(=O)N1CCc2sccc2[C@H]1COc1ccccc1F)C(=O)C(C)C. The second-order valence-corrected chi connectivity index (χ2v) is 9.66. The number of fused-ring (bicyclic) bond motifs is 1.